The van der Waals surface area contributed by atoms with E-state index in [2.05, 4.69) is 15.6 Å². The third-order valence-electron chi connectivity index (χ3n) is 3.53. The lowest BCUT2D eigenvalue weighted by atomic mass is 10.2. The molecule has 2 rings (SSSR count). The first-order valence-corrected chi connectivity index (χ1v) is 9.11. The number of pyridine rings is 1. The van der Waals surface area contributed by atoms with Crippen LogP contribution in [0.1, 0.15) is 16.1 Å². The molecule has 0 atom stereocenters. The summed E-state index contributed by atoms with van der Waals surface area (Å²) in [7, 11) is -2.06. The number of hydrogen-bond acceptors (Lipinski definition) is 4. The number of carbonyl (C=O) groups excluding carboxylic acids is 1. The van der Waals surface area contributed by atoms with Crippen LogP contribution < -0.4 is 4.72 Å². The van der Waals surface area contributed by atoms with Gasteiger partial charge >= 0.3 is 0 Å². The molecule has 0 bridgehead atoms. The quantitative estimate of drug-likeness (QED) is 0.758. The molecule has 0 aliphatic carbocycles. The van der Waals surface area contributed by atoms with E-state index in [1.54, 1.807) is 19.3 Å². The molecule has 0 spiro atoms. The summed E-state index contributed by atoms with van der Waals surface area (Å²) >= 11 is 0. The molecule has 2 aromatic rings. The van der Waals surface area contributed by atoms with Crippen LogP contribution in [0.2, 0.25) is 0 Å². The van der Waals surface area contributed by atoms with E-state index in [0.717, 1.165) is 5.69 Å². The van der Waals surface area contributed by atoms with Gasteiger partial charge in [-0.1, -0.05) is 18.1 Å². The Morgan fingerprint density at radius 3 is 2.76 bits per heavy atom. The molecule has 1 amide bonds. The Morgan fingerprint density at radius 1 is 1.28 bits per heavy atom. The van der Waals surface area contributed by atoms with E-state index >= 15 is 0 Å². The van der Waals surface area contributed by atoms with Crippen molar-refractivity contribution >= 4 is 15.9 Å². The molecule has 1 heterocycles. The highest BCUT2D eigenvalue weighted by atomic mass is 32.2. The molecule has 6 nitrogen and oxygen atoms in total. The van der Waals surface area contributed by atoms with E-state index in [4.69, 9.17) is 6.42 Å². The number of likely N-dealkylation sites (N-methyl/N-ethyl adjacent to an activating group) is 1. The summed E-state index contributed by atoms with van der Waals surface area (Å²) in [4.78, 5) is 18.3. The maximum Gasteiger partial charge on any atom is 0.253 e. The first-order chi connectivity index (χ1) is 11.9. The predicted octanol–water partition coefficient (Wildman–Crippen LogP) is 1.31. The minimum atomic E-state index is -3.73. The van der Waals surface area contributed by atoms with Crippen molar-refractivity contribution in [3.05, 3.63) is 59.9 Å². The molecule has 0 unspecified atom stereocenters. The fraction of sp³-hybridized carbons (Fsp3) is 0.222. The highest BCUT2D eigenvalue weighted by Crippen LogP contribution is 2.13. The van der Waals surface area contributed by atoms with Gasteiger partial charge in [-0.3, -0.25) is 9.78 Å². The molecule has 0 saturated carbocycles. The molecule has 0 aliphatic rings. The maximum atomic E-state index is 12.5. The number of hydrogen-bond donors (Lipinski definition) is 1. The van der Waals surface area contributed by atoms with Gasteiger partial charge < -0.3 is 4.90 Å². The highest BCUT2D eigenvalue weighted by Gasteiger charge is 2.17. The van der Waals surface area contributed by atoms with Gasteiger partial charge in [-0.05, 0) is 30.3 Å². The summed E-state index contributed by atoms with van der Waals surface area (Å²) in [5.74, 6) is 1.95. The SMILES string of the molecule is C#CCNS(=O)(=O)c1cccc(C(=O)N(C)CCc2ccccn2)c1. The monoisotopic (exact) mass is 357 g/mol. The van der Waals surface area contributed by atoms with Gasteiger partial charge in [0.05, 0.1) is 11.4 Å². The Hall–Kier alpha value is -2.69. The molecular weight excluding hydrogens is 338 g/mol. The number of benzene rings is 1. The van der Waals surface area contributed by atoms with Crippen molar-refractivity contribution in [1.29, 1.82) is 0 Å². The molecule has 0 fully saturated rings. The number of amides is 1. The van der Waals surface area contributed by atoms with Gasteiger partial charge in [-0.25, -0.2) is 8.42 Å². The summed E-state index contributed by atoms with van der Waals surface area (Å²) in [5, 5.41) is 0. The third kappa shape index (κ3) is 5.14. The predicted molar refractivity (Wildman–Crippen MR) is 95.4 cm³/mol. The molecule has 0 saturated heterocycles. The van der Waals surface area contributed by atoms with Crippen molar-refractivity contribution in [3.8, 4) is 12.3 Å². The zero-order valence-corrected chi connectivity index (χ0v) is 14.7. The van der Waals surface area contributed by atoms with Crippen molar-refractivity contribution in [2.45, 2.75) is 11.3 Å². The van der Waals surface area contributed by atoms with Crippen LogP contribution in [0.4, 0.5) is 0 Å². The summed E-state index contributed by atoms with van der Waals surface area (Å²) in [5.41, 5.74) is 1.18. The van der Waals surface area contributed by atoms with Crippen LogP contribution in [0, 0.1) is 12.3 Å². The molecule has 7 heteroatoms. The van der Waals surface area contributed by atoms with Crippen molar-refractivity contribution in [2.75, 3.05) is 20.1 Å². The first-order valence-electron chi connectivity index (χ1n) is 7.62. The second kappa shape index (κ2) is 8.42. The normalized spacial score (nSPS) is 10.9. The molecule has 25 heavy (non-hydrogen) atoms. The maximum absolute atomic E-state index is 12.5. The fourth-order valence-corrected chi connectivity index (χ4v) is 3.15. The van der Waals surface area contributed by atoms with E-state index in [1.165, 1.54) is 23.1 Å². The standard InChI is InChI=1S/C18H19N3O3S/c1-3-11-20-25(23,24)17-9-6-7-15(14-17)18(22)21(2)13-10-16-8-4-5-12-19-16/h1,4-9,12,14,20H,10-11,13H2,2H3. The molecule has 1 aromatic carbocycles. The summed E-state index contributed by atoms with van der Waals surface area (Å²) in [6.45, 7) is 0.368. The van der Waals surface area contributed by atoms with Crippen LogP contribution in [0.3, 0.4) is 0 Å². The minimum Gasteiger partial charge on any atom is -0.341 e. The molecule has 0 aliphatic heterocycles. The van der Waals surface area contributed by atoms with Gasteiger partial charge in [-0.15, -0.1) is 6.42 Å². The fourth-order valence-electron chi connectivity index (χ4n) is 2.17. The lowest BCUT2D eigenvalue weighted by Gasteiger charge is -2.17. The summed E-state index contributed by atoms with van der Waals surface area (Å²) in [6, 6.07) is 11.5. The molecular formula is C18H19N3O3S. The van der Waals surface area contributed by atoms with Crippen molar-refractivity contribution in [1.82, 2.24) is 14.6 Å². The van der Waals surface area contributed by atoms with Crippen LogP contribution in [0.5, 0.6) is 0 Å². The van der Waals surface area contributed by atoms with Crippen molar-refractivity contribution in [2.24, 2.45) is 0 Å². The molecule has 130 valence electrons. The second-order valence-electron chi connectivity index (χ2n) is 5.35. The Labute approximate surface area is 147 Å². The van der Waals surface area contributed by atoms with E-state index in [0.29, 0.717) is 18.5 Å². The van der Waals surface area contributed by atoms with Crippen LogP contribution in [-0.2, 0) is 16.4 Å². The number of terminal acetylenes is 1. The average Bonchev–Trinajstić information content (AvgIpc) is 2.65. The Bertz CT molecular complexity index is 874. The Balaban J connectivity index is 2.09. The Morgan fingerprint density at radius 2 is 2.08 bits per heavy atom. The zero-order chi connectivity index (χ0) is 18.3. The third-order valence-corrected chi connectivity index (χ3v) is 4.93. The molecule has 1 aromatic heterocycles. The van der Waals surface area contributed by atoms with Gasteiger partial charge in [0.15, 0.2) is 0 Å². The first kappa shape index (κ1) is 18.6. The van der Waals surface area contributed by atoms with Gasteiger partial charge in [0.1, 0.15) is 0 Å². The second-order valence-corrected chi connectivity index (χ2v) is 7.12. The van der Waals surface area contributed by atoms with E-state index in [-0.39, 0.29) is 17.3 Å². The van der Waals surface area contributed by atoms with Crippen LogP contribution in [0.25, 0.3) is 0 Å². The van der Waals surface area contributed by atoms with Crippen molar-refractivity contribution < 1.29 is 13.2 Å². The number of nitrogens with one attached hydrogen (secondary N) is 1. The number of aromatic nitrogens is 1. The largest absolute Gasteiger partial charge is 0.341 e. The van der Waals surface area contributed by atoms with Crippen LogP contribution >= 0.6 is 0 Å². The number of rotatable bonds is 7. The molecule has 1 N–H and O–H groups in total. The minimum absolute atomic E-state index is 0.00623. The number of sulfonamides is 1. The molecule has 0 radical (unpaired) electrons. The lowest BCUT2D eigenvalue weighted by molar-refractivity contribution is 0.0796. The van der Waals surface area contributed by atoms with Gasteiger partial charge in [0.2, 0.25) is 10.0 Å². The van der Waals surface area contributed by atoms with E-state index in [9.17, 15) is 13.2 Å². The topological polar surface area (TPSA) is 79.4 Å². The smallest absolute Gasteiger partial charge is 0.253 e. The zero-order valence-electron chi connectivity index (χ0n) is 13.8. The summed E-state index contributed by atoms with van der Waals surface area (Å²) < 4.78 is 26.5. The van der Waals surface area contributed by atoms with Gasteiger partial charge in [0, 0.05) is 37.5 Å². The van der Waals surface area contributed by atoms with Gasteiger partial charge in [0.25, 0.3) is 5.91 Å². The number of nitrogens with zero attached hydrogens (tertiary/aromatic N) is 2. The van der Waals surface area contributed by atoms with E-state index < -0.39 is 10.0 Å². The Kier molecular flexibility index (Phi) is 6.28. The van der Waals surface area contributed by atoms with E-state index in [1.807, 2.05) is 18.2 Å². The lowest BCUT2D eigenvalue weighted by Crippen LogP contribution is -2.29. The van der Waals surface area contributed by atoms with Crippen LogP contribution in [0.15, 0.2) is 53.6 Å². The summed E-state index contributed by atoms with van der Waals surface area (Å²) in [6.07, 6.45) is 7.39. The highest BCUT2D eigenvalue weighted by molar-refractivity contribution is 7.89. The number of carbonyl (C=O) groups is 1. The van der Waals surface area contributed by atoms with Gasteiger partial charge in [-0.2, -0.15) is 4.72 Å². The average molecular weight is 357 g/mol. The van der Waals surface area contributed by atoms with Crippen LogP contribution in [-0.4, -0.2) is 44.3 Å². The van der Waals surface area contributed by atoms with Crippen molar-refractivity contribution in [3.63, 3.8) is 0 Å².